The number of carboxylic acid groups (broad SMARTS) is 1. The van der Waals surface area contributed by atoms with Crippen LogP contribution in [0, 0.1) is 11.8 Å². The molecule has 0 spiro atoms. The van der Waals surface area contributed by atoms with Crippen molar-refractivity contribution in [3.05, 3.63) is 84.0 Å². The van der Waals surface area contributed by atoms with E-state index in [0.717, 1.165) is 32.7 Å². The van der Waals surface area contributed by atoms with E-state index in [1.807, 2.05) is 48.5 Å². The molecule has 0 saturated carbocycles. The lowest BCUT2D eigenvalue weighted by Crippen LogP contribution is -2.04. The van der Waals surface area contributed by atoms with Gasteiger partial charge in [-0.1, -0.05) is 61.4 Å². The molecule has 144 valence electrons. The van der Waals surface area contributed by atoms with Crippen LogP contribution in [0.5, 0.6) is 0 Å². The summed E-state index contributed by atoms with van der Waals surface area (Å²) in [5.41, 5.74) is 2.26. The Kier molecular flexibility index (Phi) is 5.80. The molecule has 0 heterocycles. The molecule has 0 atom stereocenters. The molecule has 0 radical (unpaired) electrons. The van der Waals surface area contributed by atoms with Crippen molar-refractivity contribution in [1.82, 2.24) is 0 Å². The van der Waals surface area contributed by atoms with Crippen LogP contribution in [0.4, 0.5) is 0 Å². The summed E-state index contributed by atoms with van der Waals surface area (Å²) in [4.78, 5) is 22.3. The third kappa shape index (κ3) is 4.72. The third-order valence-electron chi connectivity index (χ3n) is 4.48. The fourth-order valence-corrected chi connectivity index (χ4v) is 2.99. The van der Waals surface area contributed by atoms with Crippen molar-refractivity contribution < 1.29 is 19.4 Å². The minimum Gasteiger partial charge on any atom is -0.478 e. The summed E-state index contributed by atoms with van der Waals surface area (Å²) in [5, 5.41) is 13.3. The topological polar surface area (TPSA) is 63.6 Å². The van der Waals surface area contributed by atoms with Crippen LogP contribution >= 0.6 is 0 Å². The van der Waals surface area contributed by atoms with Crippen LogP contribution in [0.3, 0.4) is 0 Å². The van der Waals surface area contributed by atoms with Crippen LogP contribution in [0.15, 0.2) is 72.8 Å². The van der Waals surface area contributed by atoms with E-state index in [4.69, 9.17) is 9.84 Å². The van der Waals surface area contributed by atoms with Crippen LogP contribution in [-0.2, 0) is 20.7 Å². The number of carbonyl (C=O) groups excluding carboxylic acids is 1. The Labute approximate surface area is 169 Å². The molecule has 0 saturated heterocycles. The Bertz CT molecular complexity index is 1220. The number of ether oxygens (including phenoxy) is 1. The van der Waals surface area contributed by atoms with E-state index >= 15 is 0 Å². The highest BCUT2D eigenvalue weighted by atomic mass is 16.5. The lowest BCUT2D eigenvalue weighted by Gasteiger charge is -2.07. The molecular formula is C25H20O4. The summed E-state index contributed by atoms with van der Waals surface area (Å²) < 4.78 is 4.97. The molecule has 0 aliphatic heterocycles. The third-order valence-corrected chi connectivity index (χ3v) is 4.48. The van der Waals surface area contributed by atoms with E-state index in [1.54, 1.807) is 6.92 Å². The smallest absolute Gasteiger partial charge is 0.334 e. The zero-order chi connectivity index (χ0) is 21.0. The van der Waals surface area contributed by atoms with Gasteiger partial charge in [-0.25, -0.2) is 9.59 Å². The van der Waals surface area contributed by atoms with Crippen LogP contribution in [0.25, 0.3) is 21.5 Å². The molecule has 4 heteroatoms. The fraction of sp³-hybridized carbons (Fsp3) is 0.120. The molecule has 3 rings (SSSR count). The van der Waals surface area contributed by atoms with Crippen molar-refractivity contribution >= 4 is 33.5 Å². The second-order valence-corrected chi connectivity index (χ2v) is 6.80. The molecule has 0 aromatic heterocycles. The first-order valence-corrected chi connectivity index (χ1v) is 9.03. The largest absolute Gasteiger partial charge is 0.478 e. The highest BCUT2D eigenvalue weighted by molar-refractivity contribution is 6.08. The minimum absolute atomic E-state index is 0.0197. The number of carboxylic acids is 1. The molecule has 0 aliphatic carbocycles. The Balaban J connectivity index is 1.84. The van der Waals surface area contributed by atoms with Gasteiger partial charge in [-0.3, -0.25) is 0 Å². The summed E-state index contributed by atoms with van der Waals surface area (Å²) in [6.45, 7) is 8.73. The molecule has 4 nitrogen and oxygen atoms in total. The first kappa shape index (κ1) is 19.9. The first-order valence-electron chi connectivity index (χ1n) is 9.03. The average molecular weight is 384 g/mol. The number of rotatable bonds is 5. The Morgan fingerprint density at radius 3 is 2.31 bits per heavy atom. The van der Waals surface area contributed by atoms with Gasteiger partial charge >= 0.3 is 11.9 Å². The van der Waals surface area contributed by atoms with Gasteiger partial charge in [0.25, 0.3) is 0 Å². The monoisotopic (exact) mass is 384 g/mol. The van der Waals surface area contributed by atoms with E-state index in [0.29, 0.717) is 12.0 Å². The van der Waals surface area contributed by atoms with Crippen molar-refractivity contribution in [2.75, 3.05) is 6.61 Å². The van der Waals surface area contributed by atoms with Gasteiger partial charge in [-0.15, -0.1) is 0 Å². The van der Waals surface area contributed by atoms with Gasteiger partial charge in [0.05, 0.1) is 0 Å². The fourth-order valence-electron chi connectivity index (χ4n) is 2.99. The Morgan fingerprint density at radius 2 is 1.66 bits per heavy atom. The van der Waals surface area contributed by atoms with Crippen LogP contribution < -0.4 is 0 Å². The first-order chi connectivity index (χ1) is 13.8. The number of fused-ring (bicyclic) bond motifs is 3. The van der Waals surface area contributed by atoms with Crippen molar-refractivity contribution in [1.29, 1.82) is 0 Å². The molecule has 29 heavy (non-hydrogen) atoms. The molecule has 0 fully saturated rings. The second-order valence-electron chi connectivity index (χ2n) is 6.80. The number of hydrogen-bond donors (Lipinski definition) is 1. The summed E-state index contributed by atoms with van der Waals surface area (Å²) in [6.07, 6.45) is 0.313. The van der Waals surface area contributed by atoms with Gasteiger partial charge in [-0.2, -0.15) is 0 Å². The van der Waals surface area contributed by atoms with E-state index in [1.165, 1.54) is 0 Å². The summed E-state index contributed by atoms with van der Waals surface area (Å²) in [7, 11) is 0. The zero-order valence-corrected chi connectivity index (χ0v) is 16.1. The maximum atomic E-state index is 11.3. The average Bonchev–Trinajstić information content (AvgIpc) is 2.70. The van der Waals surface area contributed by atoms with E-state index in [2.05, 4.69) is 25.0 Å². The van der Waals surface area contributed by atoms with Crippen molar-refractivity contribution in [2.24, 2.45) is 0 Å². The molecule has 1 N–H and O–H groups in total. The highest BCUT2D eigenvalue weighted by Gasteiger charge is 2.07. The molecular weight excluding hydrogens is 364 g/mol. The van der Waals surface area contributed by atoms with Gasteiger partial charge in [-0.05, 0) is 46.2 Å². The molecule has 0 unspecified atom stereocenters. The van der Waals surface area contributed by atoms with Crippen molar-refractivity contribution in [3.8, 4) is 11.8 Å². The van der Waals surface area contributed by atoms with E-state index < -0.39 is 11.9 Å². The number of aliphatic carboxylic acids is 1. The normalized spacial score (nSPS) is 10.2. The van der Waals surface area contributed by atoms with Crippen molar-refractivity contribution in [2.45, 2.75) is 13.3 Å². The van der Waals surface area contributed by atoms with Crippen LogP contribution in [0.2, 0.25) is 0 Å². The molecule has 0 aliphatic rings. The number of esters is 1. The standard InChI is InChI=1S/C25H20O4/c1-16(2)25(28)29-12-4-5-18-6-10-22-20(14-18)8-9-21-15-19(7-11-23(21)22)13-17(3)24(26)27/h6-11,14-15H,1,3,12-13H2,2H3,(H,26,27). The predicted octanol–water partition coefficient (Wildman–Crippen LogP) is 4.65. The maximum absolute atomic E-state index is 11.3. The van der Waals surface area contributed by atoms with Crippen molar-refractivity contribution in [3.63, 3.8) is 0 Å². The van der Waals surface area contributed by atoms with E-state index in [9.17, 15) is 9.59 Å². The summed E-state index contributed by atoms with van der Waals surface area (Å²) in [6, 6.07) is 15.9. The minimum atomic E-state index is -0.980. The van der Waals surface area contributed by atoms with Gasteiger partial charge < -0.3 is 9.84 Å². The van der Waals surface area contributed by atoms with E-state index in [-0.39, 0.29) is 12.2 Å². The maximum Gasteiger partial charge on any atom is 0.334 e. The quantitative estimate of drug-likeness (QED) is 0.301. The second kappa shape index (κ2) is 8.45. The van der Waals surface area contributed by atoms with Crippen LogP contribution in [-0.4, -0.2) is 23.7 Å². The number of hydrogen-bond acceptors (Lipinski definition) is 3. The Morgan fingerprint density at radius 1 is 1.00 bits per heavy atom. The lowest BCUT2D eigenvalue weighted by atomic mass is 9.97. The predicted molar refractivity (Wildman–Crippen MR) is 115 cm³/mol. The van der Waals surface area contributed by atoms with Gasteiger partial charge in [0.1, 0.15) is 0 Å². The van der Waals surface area contributed by atoms with Crippen LogP contribution in [0.1, 0.15) is 18.1 Å². The molecule has 0 bridgehead atoms. The number of benzene rings is 3. The Hall–Kier alpha value is -3.84. The lowest BCUT2D eigenvalue weighted by molar-refractivity contribution is -0.137. The molecule has 0 amide bonds. The summed E-state index contributed by atoms with van der Waals surface area (Å²) in [5.74, 6) is 4.40. The SMILES string of the molecule is C=C(C)C(=O)OCC#Cc1ccc2c(ccc3cc(CC(=C)C(=O)O)ccc32)c1. The van der Waals surface area contributed by atoms with Gasteiger partial charge in [0, 0.05) is 23.1 Å². The molecule has 3 aromatic carbocycles. The highest BCUT2D eigenvalue weighted by Crippen LogP contribution is 2.27. The van der Waals surface area contributed by atoms with Gasteiger partial charge in [0.2, 0.25) is 0 Å². The van der Waals surface area contributed by atoms with Gasteiger partial charge in [0.15, 0.2) is 6.61 Å². The molecule has 3 aromatic rings. The zero-order valence-electron chi connectivity index (χ0n) is 16.1. The summed E-state index contributed by atoms with van der Waals surface area (Å²) >= 11 is 0. The number of carbonyl (C=O) groups is 2.